The molecule has 0 saturated heterocycles. The number of hydrogen-bond donors (Lipinski definition) is 1. The van der Waals surface area contributed by atoms with Gasteiger partial charge in [-0.1, -0.05) is 35.5 Å². The van der Waals surface area contributed by atoms with E-state index in [0.29, 0.717) is 6.54 Å². The summed E-state index contributed by atoms with van der Waals surface area (Å²) in [5, 5.41) is 10.4. The highest BCUT2D eigenvalue weighted by Crippen LogP contribution is 2.17. The molecule has 84 valence electrons. The van der Waals surface area contributed by atoms with Crippen molar-refractivity contribution in [3.05, 3.63) is 54.4 Å². The molecule has 4 nitrogen and oxygen atoms in total. The molecule has 0 spiro atoms. The fourth-order valence-electron chi connectivity index (χ4n) is 1.84. The van der Waals surface area contributed by atoms with Crippen molar-refractivity contribution < 1.29 is 0 Å². The lowest BCUT2D eigenvalue weighted by molar-refractivity contribution is 0.797. The maximum absolute atomic E-state index is 5.52. The quantitative estimate of drug-likeness (QED) is 0.723. The number of rotatable bonds is 2. The average molecular weight is 224 g/mol. The van der Waals surface area contributed by atoms with E-state index in [0.717, 1.165) is 11.4 Å². The summed E-state index contributed by atoms with van der Waals surface area (Å²) in [6, 6.07) is 14.4. The Morgan fingerprint density at radius 2 is 1.88 bits per heavy atom. The molecule has 0 aliphatic carbocycles. The SMILES string of the molecule is NCc1cn(-c2ccc3ccccc3c2)nn1. The molecule has 0 aliphatic heterocycles. The van der Waals surface area contributed by atoms with Gasteiger partial charge in [-0.05, 0) is 22.9 Å². The second kappa shape index (κ2) is 3.99. The Balaban J connectivity index is 2.11. The predicted molar refractivity (Wildman–Crippen MR) is 66.8 cm³/mol. The summed E-state index contributed by atoms with van der Waals surface area (Å²) < 4.78 is 1.74. The molecule has 1 aromatic heterocycles. The summed E-state index contributed by atoms with van der Waals surface area (Å²) in [6.07, 6.45) is 1.85. The van der Waals surface area contributed by atoms with E-state index in [1.165, 1.54) is 10.8 Å². The predicted octanol–water partition coefficient (Wildman–Crippen LogP) is 1.88. The van der Waals surface area contributed by atoms with E-state index >= 15 is 0 Å². The lowest BCUT2D eigenvalue weighted by atomic mass is 10.1. The minimum atomic E-state index is 0.410. The first-order valence-corrected chi connectivity index (χ1v) is 5.47. The third-order valence-electron chi connectivity index (χ3n) is 2.75. The number of nitrogens with two attached hydrogens (primary N) is 1. The van der Waals surface area contributed by atoms with Crippen molar-refractivity contribution in [1.29, 1.82) is 0 Å². The third-order valence-corrected chi connectivity index (χ3v) is 2.75. The van der Waals surface area contributed by atoms with Gasteiger partial charge in [0.1, 0.15) is 0 Å². The van der Waals surface area contributed by atoms with Gasteiger partial charge >= 0.3 is 0 Å². The van der Waals surface area contributed by atoms with Crippen LogP contribution in [0.15, 0.2) is 48.7 Å². The summed E-state index contributed by atoms with van der Waals surface area (Å²) in [5.41, 5.74) is 7.30. The van der Waals surface area contributed by atoms with E-state index in [2.05, 4.69) is 34.6 Å². The van der Waals surface area contributed by atoms with Crippen molar-refractivity contribution >= 4 is 10.8 Å². The Morgan fingerprint density at radius 3 is 2.65 bits per heavy atom. The van der Waals surface area contributed by atoms with Crippen molar-refractivity contribution in [1.82, 2.24) is 15.0 Å². The lowest BCUT2D eigenvalue weighted by Gasteiger charge is -2.02. The molecular weight excluding hydrogens is 212 g/mol. The smallest absolute Gasteiger partial charge is 0.0967 e. The summed E-state index contributed by atoms with van der Waals surface area (Å²) in [5.74, 6) is 0. The maximum Gasteiger partial charge on any atom is 0.0967 e. The van der Waals surface area contributed by atoms with Crippen molar-refractivity contribution in [3.63, 3.8) is 0 Å². The van der Waals surface area contributed by atoms with Crippen LogP contribution in [-0.2, 0) is 6.54 Å². The first-order valence-electron chi connectivity index (χ1n) is 5.47. The van der Waals surface area contributed by atoms with Crippen molar-refractivity contribution in [3.8, 4) is 5.69 Å². The van der Waals surface area contributed by atoms with Gasteiger partial charge in [0.2, 0.25) is 0 Å². The zero-order chi connectivity index (χ0) is 11.7. The standard InChI is InChI=1S/C13H12N4/c14-8-12-9-17(16-15-12)13-6-5-10-3-1-2-4-11(10)7-13/h1-7,9H,8,14H2. The fourth-order valence-corrected chi connectivity index (χ4v) is 1.84. The summed E-state index contributed by atoms with van der Waals surface area (Å²) >= 11 is 0. The largest absolute Gasteiger partial charge is 0.325 e. The Morgan fingerprint density at radius 1 is 1.06 bits per heavy atom. The van der Waals surface area contributed by atoms with E-state index in [4.69, 9.17) is 5.73 Å². The van der Waals surface area contributed by atoms with E-state index in [9.17, 15) is 0 Å². The zero-order valence-corrected chi connectivity index (χ0v) is 9.24. The Bertz CT molecular complexity index is 657. The Labute approximate surface area is 98.7 Å². The average Bonchev–Trinajstić information content (AvgIpc) is 2.87. The molecular formula is C13H12N4. The van der Waals surface area contributed by atoms with Crippen LogP contribution < -0.4 is 5.73 Å². The number of hydrogen-bond acceptors (Lipinski definition) is 3. The number of benzene rings is 2. The van der Waals surface area contributed by atoms with Gasteiger partial charge in [0, 0.05) is 6.54 Å². The topological polar surface area (TPSA) is 56.7 Å². The molecule has 3 aromatic rings. The van der Waals surface area contributed by atoms with Crippen LogP contribution in [0.3, 0.4) is 0 Å². The van der Waals surface area contributed by atoms with Crippen LogP contribution >= 0.6 is 0 Å². The van der Waals surface area contributed by atoms with Crippen LogP contribution in [0, 0.1) is 0 Å². The molecule has 0 amide bonds. The van der Waals surface area contributed by atoms with E-state index in [1.807, 2.05) is 24.4 Å². The fraction of sp³-hybridized carbons (Fsp3) is 0.0769. The van der Waals surface area contributed by atoms with Gasteiger partial charge in [-0.3, -0.25) is 0 Å². The number of aromatic nitrogens is 3. The van der Waals surface area contributed by atoms with Crippen LogP contribution in [0.5, 0.6) is 0 Å². The van der Waals surface area contributed by atoms with Gasteiger partial charge in [-0.25, -0.2) is 4.68 Å². The van der Waals surface area contributed by atoms with Crippen LogP contribution in [0.1, 0.15) is 5.69 Å². The molecule has 1 heterocycles. The molecule has 0 bridgehead atoms. The first-order chi connectivity index (χ1) is 8.36. The summed E-state index contributed by atoms with van der Waals surface area (Å²) in [4.78, 5) is 0. The second-order valence-electron chi connectivity index (χ2n) is 3.89. The van der Waals surface area contributed by atoms with Gasteiger partial charge in [0.05, 0.1) is 17.6 Å². The van der Waals surface area contributed by atoms with Gasteiger partial charge in [-0.15, -0.1) is 5.10 Å². The van der Waals surface area contributed by atoms with E-state index in [1.54, 1.807) is 4.68 Å². The highest BCUT2D eigenvalue weighted by atomic mass is 15.4. The lowest BCUT2D eigenvalue weighted by Crippen LogP contribution is -1.96. The molecule has 0 unspecified atom stereocenters. The molecule has 4 heteroatoms. The van der Waals surface area contributed by atoms with Gasteiger partial charge in [0.15, 0.2) is 0 Å². The molecule has 0 fully saturated rings. The van der Waals surface area contributed by atoms with Gasteiger partial charge < -0.3 is 5.73 Å². The monoisotopic (exact) mass is 224 g/mol. The summed E-state index contributed by atoms with van der Waals surface area (Å²) in [6.45, 7) is 0.410. The van der Waals surface area contributed by atoms with E-state index in [-0.39, 0.29) is 0 Å². The van der Waals surface area contributed by atoms with Crippen molar-refractivity contribution in [2.45, 2.75) is 6.54 Å². The van der Waals surface area contributed by atoms with Crippen molar-refractivity contribution in [2.75, 3.05) is 0 Å². The molecule has 2 aromatic carbocycles. The summed E-state index contributed by atoms with van der Waals surface area (Å²) in [7, 11) is 0. The van der Waals surface area contributed by atoms with Crippen LogP contribution in [0.2, 0.25) is 0 Å². The van der Waals surface area contributed by atoms with Crippen molar-refractivity contribution in [2.24, 2.45) is 5.73 Å². The molecule has 3 rings (SSSR count). The molecule has 0 atom stereocenters. The molecule has 0 radical (unpaired) electrons. The van der Waals surface area contributed by atoms with Gasteiger partial charge in [0.25, 0.3) is 0 Å². The van der Waals surface area contributed by atoms with Crippen LogP contribution in [-0.4, -0.2) is 15.0 Å². The Kier molecular flexibility index (Phi) is 2.34. The normalized spacial score (nSPS) is 10.9. The van der Waals surface area contributed by atoms with Gasteiger partial charge in [-0.2, -0.15) is 0 Å². The highest BCUT2D eigenvalue weighted by Gasteiger charge is 2.02. The zero-order valence-electron chi connectivity index (χ0n) is 9.24. The third kappa shape index (κ3) is 1.79. The maximum atomic E-state index is 5.52. The molecule has 0 aliphatic rings. The molecule has 0 saturated carbocycles. The number of fused-ring (bicyclic) bond motifs is 1. The van der Waals surface area contributed by atoms with E-state index < -0.39 is 0 Å². The number of nitrogens with zero attached hydrogens (tertiary/aromatic N) is 3. The molecule has 17 heavy (non-hydrogen) atoms. The molecule has 2 N–H and O–H groups in total. The minimum Gasteiger partial charge on any atom is -0.325 e. The van der Waals surface area contributed by atoms with Crippen LogP contribution in [0.4, 0.5) is 0 Å². The Hall–Kier alpha value is -2.20. The van der Waals surface area contributed by atoms with Crippen LogP contribution in [0.25, 0.3) is 16.5 Å². The second-order valence-corrected chi connectivity index (χ2v) is 3.89. The minimum absolute atomic E-state index is 0.410. The first kappa shape index (κ1) is 9.99. The highest BCUT2D eigenvalue weighted by molar-refractivity contribution is 5.84.